The van der Waals surface area contributed by atoms with Crippen LogP contribution < -0.4 is 0 Å². The molecule has 0 aromatic heterocycles. The Kier molecular flexibility index (Phi) is 4.15. The molecule has 1 N–H and O–H groups in total. The van der Waals surface area contributed by atoms with Gasteiger partial charge in [0.05, 0.1) is 25.3 Å². The van der Waals surface area contributed by atoms with E-state index in [0.29, 0.717) is 19.6 Å². The lowest BCUT2D eigenvalue weighted by Crippen LogP contribution is -2.41. The van der Waals surface area contributed by atoms with E-state index in [-0.39, 0.29) is 12.1 Å². The van der Waals surface area contributed by atoms with Crippen LogP contribution in [0.2, 0.25) is 0 Å². The molecule has 16 heavy (non-hydrogen) atoms. The van der Waals surface area contributed by atoms with Crippen molar-refractivity contribution in [2.75, 3.05) is 20.3 Å². The molecule has 0 aliphatic carbocycles. The van der Waals surface area contributed by atoms with Crippen LogP contribution in [0, 0.1) is 0 Å². The van der Waals surface area contributed by atoms with Crippen LogP contribution in [0.25, 0.3) is 0 Å². The molecule has 1 rings (SSSR count). The summed E-state index contributed by atoms with van der Waals surface area (Å²) in [5, 5.41) is 9.54. The maximum absolute atomic E-state index is 11.8. The molecular formula is C11H21NO4. The fourth-order valence-electron chi connectivity index (χ4n) is 1.79. The van der Waals surface area contributed by atoms with E-state index >= 15 is 0 Å². The van der Waals surface area contributed by atoms with Gasteiger partial charge in [0, 0.05) is 7.11 Å². The number of amides is 1. The zero-order valence-corrected chi connectivity index (χ0v) is 10.4. The van der Waals surface area contributed by atoms with Crippen LogP contribution in [0.1, 0.15) is 27.2 Å². The highest BCUT2D eigenvalue weighted by atomic mass is 16.6. The second-order valence-corrected chi connectivity index (χ2v) is 5.13. The average molecular weight is 231 g/mol. The third-order valence-corrected chi connectivity index (χ3v) is 2.38. The quantitative estimate of drug-likeness (QED) is 0.770. The van der Waals surface area contributed by atoms with Gasteiger partial charge in [0.25, 0.3) is 0 Å². The smallest absolute Gasteiger partial charge is 0.410 e. The van der Waals surface area contributed by atoms with Crippen LogP contribution in [-0.2, 0) is 9.47 Å². The van der Waals surface area contributed by atoms with Gasteiger partial charge < -0.3 is 19.5 Å². The van der Waals surface area contributed by atoms with E-state index in [9.17, 15) is 9.90 Å². The van der Waals surface area contributed by atoms with Crippen molar-refractivity contribution in [1.29, 1.82) is 0 Å². The minimum absolute atomic E-state index is 0.0881. The number of nitrogens with zero attached hydrogens (tertiary/aromatic N) is 1. The molecule has 5 nitrogen and oxygen atoms in total. The number of aliphatic hydroxyl groups excluding tert-OH is 1. The average Bonchev–Trinajstić information content (AvgIpc) is 2.44. The van der Waals surface area contributed by atoms with Crippen LogP contribution in [0.3, 0.4) is 0 Å². The molecule has 5 heteroatoms. The third kappa shape index (κ3) is 3.64. The van der Waals surface area contributed by atoms with Crippen molar-refractivity contribution >= 4 is 6.09 Å². The molecular weight excluding hydrogens is 210 g/mol. The number of methoxy groups -OCH3 is 1. The van der Waals surface area contributed by atoms with Crippen LogP contribution >= 0.6 is 0 Å². The molecule has 0 aromatic carbocycles. The molecule has 2 atom stereocenters. The highest BCUT2D eigenvalue weighted by Crippen LogP contribution is 2.21. The fraction of sp³-hybridized carbons (Fsp3) is 0.909. The number of carbonyl (C=O) groups excluding carboxylic acids is 1. The minimum atomic E-state index is -0.512. The molecule has 1 aliphatic heterocycles. The van der Waals surface area contributed by atoms with Crippen molar-refractivity contribution in [2.45, 2.75) is 44.9 Å². The summed E-state index contributed by atoms with van der Waals surface area (Å²) in [6.45, 7) is 6.22. The molecule has 0 radical (unpaired) electrons. The van der Waals surface area contributed by atoms with Crippen molar-refractivity contribution in [2.24, 2.45) is 0 Å². The summed E-state index contributed by atoms with van der Waals surface area (Å²) in [6.07, 6.45) is -0.314. The van der Waals surface area contributed by atoms with Gasteiger partial charge >= 0.3 is 6.09 Å². The van der Waals surface area contributed by atoms with E-state index in [0.717, 1.165) is 0 Å². The first-order chi connectivity index (χ1) is 7.33. The van der Waals surface area contributed by atoms with E-state index in [1.54, 1.807) is 12.0 Å². The predicted octanol–water partition coefficient (Wildman–Crippen LogP) is 1.00. The Balaban J connectivity index is 2.59. The molecule has 1 heterocycles. The van der Waals surface area contributed by atoms with Crippen molar-refractivity contribution in [1.82, 2.24) is 4.90 Å². The zero-order chi connectivity index (χ0) is 12.3. The Labute approximate surface area is 96.3 Å². The summed E-state index contributed by atoms with van der Waals surface area (Å²) in [6, 6.07) is -0.0881. The second kappa shape index (κ2) is 5.01. The van der Waals surface area contributed by atoms with E-state index in [4.69, 9.17) is 9.47 Å². The normalized spacial score (nSPS) is 25.9. The van der Waals surface area contributed by atoms with Crippen molar-refractivity contribution in [3.63, 3.8) is 0 Å². The van der Waals surface area contributed by atoms with Gasteiger partial charge in [-0.15, -0.1) is 0 Å². The first-order valence-corrected chi connectivity index (χ1v) is 5.50. The van der Waals surface area contributed by atoms with Crippen molar-refractivity contribution < 1.29 is 19.4 Å². The third-order valence-electron chi connectivity index (χ3n) is 2.38. The Morgan fingerprint density at radius 2 is 2.12 bits per heavy atom. The maximum atomic E-state index is 11.8. The van der Waals surface area contributed by atoms with Gasteiger partial charge in [0.15, 0.2) is 0 Å². The summed E-state index contributed by atoms with van der Waals surface area (Å²) in [5.41, 5.74) is -0.512. The summed E-state index contributed by atoms with van der Waals surface area (Å²) in [7, 11) is 1.58. The molecule has 1 amide bonds. The number of β-amino-alcohol motifs (C(OH)–C–C–N with tert-alkyl or cyclic N) is 1. The van der Waals surface area contributed by atoms with E-state index in [1.807, 2.05) is 20.8 Å². The Morgan fingerprint density at radius 3 is 2.62 bits per heavy atom. The zero-order valence-electron chi connectivity index (χ0n) is 10.4. The van der Waals surface area contributed by atoms with Crippen LogP contribution in [0.15, 0.2) is 0 Å². The first kappa shape index (κ1) is 13.3. The fourth-order valence-corrected chi connectivity index (χ4v) is 1.79. The van der Waals surface area contributed by atoms with Gasteiger partial charge in [-0.05, 0) is 27.2 Å². The summed E-state index contributed by atoms with van der Waals surface area (Å²) >= 11 is 0. The van der Waals surface area contributed by atoms with Crippen molar-refractivity contribution in [3.8, 4) is 0 Å². The Bertz CT molecular complexity index is 249. The number of hydrogen-bond donors (Lipinski definition) is 1. The molecule has 0 spiro atoms. The Hall–Kier alpha value is -0.810. The first-order valence-electron chi connectivity index (χ1n) is 5.50. The monoisotopic (exact) mass is 231 g/mol. The number of rotatable bonds is 2. The minimum Gasteiger partial charge on any atom is -0.444 e. The predicted molar refractivity (Wildman–Crippen MR) is 59.2 cm³/mol. The van der Waals surface area contributed by atoms with Gasteiger partial charge in [-0.1, -0.05) is 0 Å². The number of likely N-dealkylation sites (tertiary alicyclic amines) is 1. The second-order valence-electron chi connectivity index (χ2n) is 5.13. The summed E-state index contributed by atoms with van der Waals surface area (Å²) in [4.78, 5) is 13.4. The largest absolute Gasteiger partial charge is 0.444 e. The van der Waals surface area contributed by atoms with Crippen molar-refractivity contribution in [3.05, 3.63) is 0 Å². The van der Waals surface area contributed by atoms with E-state index < -0.39 is 11.7 Å². The van der Waals surface area contributed by atoms with E-state index in [1.165, 1.54) is 0 Å². The number of ether oxygens (including phenoxy) is 2. The van der Waals surface area contributed by atoms with Gasteiger partial charge in [0.2, 0.25) is 0 Å². The molecule has 1 saturated heterocycles. The van der Waals surface area contributed by atoms with Gasteiger partial charge in [-0.2, -0.15) is 0 Å². The van der Waals surface area contributed by atoms with Gasteiger partial charge in [-0.3, -0.25) is 0 Å². The molecule has 1 aliphatic rings. The molecule has 94 valence electrons. The summed E-state index contributed by atoms with van der Waals surface area (Å²) < 4.78 is 10.3. The molecule has 0 aromatic rings. The molecule has 1 fully saturated rings. The van der Waals surface area contributed by atoms with Crippen LogP contribution in [0.5, 0.6) is 0 Å². The van der Waals surface area contributed by atoms with Crippen LogP contribution in [-0.4, -0.2) is 54.1 Å². The van der Waals surface area contributed by atoms with Crippen LogP contribution in [0.4, 0.5) is 4.79 Å². The van der Waals surface area contributed by atoms with Gasteiger partial charge in [-0.25, -0.2) is 4.79 Å². The molecule has 0 saturated carbocycles. The Morgan fingerprint density at radius 1 is 1.50 bits per heavy atom. The van der Waals surface area contributed by atoms with Gasteiger partial charge in [0.1, 0.15) is 5.60 Å². The lowest BCUT2D eigenvalue weighted by molar-refractivity contribution is 0.0137. The number of aliphatic hydroxyl groups is 1. The van der Waals surface area contributed by atoms with E-state index in [2.05, 4.69) is 0 Å². The number of carbonyl (C=O) groups is 1. The topological polar surface area (TPSA) is 59.0 Å². The molecule has 0 unspecified atom stereocenters. The SMILES string of the molecule is COC[C@@H]1C[C@@H](O)CN1C(=O)OC(C)(C)C. The highest BCUT2D eigenvalue weighted by Gasteiger charge is 2.36. The highest BCUT2D eigenvalue weighted by molar-refractivity contribution is 5.69. The summed E-state index contributed by atoms with van der Waals surface area (Å²) in [5.74, 6) is 0. The lowest BCUT2D eigenvalue weighted by atomic mass is 10.2. The standard InChI is InChI=1S/C11H21NO4/c1-11(2,3)16-10(14)12-6-9(13)5-8(12)7-15-4/h8-9,13H,5-7H2,1-4H3/t8-,9+/m0/s1. The maximum Gasteiger partial charge on any atom is 0.410 e. The number of hydrogen-bond acceptors (Lipinski definition) is 4. The molecule has 0 bridgehead atoms. The lowest BCUT2D eigenvalue weighted by Gasteiger charge is -2.28.